The summed E-state index contributed by atoms with van der Waals surface area (Å²) in [6, 6.07) is 7.56. The highest BCUT2D eigenvalue weighted by molar-refractivity contribution is 5.91. The lowest BCUT2D eigenvalue weighted by molar-refractivity contribution is -0.155. The highest BCUT2D eigenvalue weighted by Gasteiger charge is 2.30. The number of hydrogen-bond acceptors (Lipinski definition) is 4. The number of hydrogen-bond donors (Lipinski definition) is 4. The predicted octanol–water partition coefficient (Wildman–Crippen LogP) is 0.515. The minimum absolute atomic E-state index is 0.280. The van der Waals surface area contributed by atoms with Crippen LogP contribution in [0.25, 0.3) is 0 Å². The summed E-state index contributed by atoms with van der Waals surface area (Å²) < 4.78 is 0. The maximum atomic E-state index is 11.5. The number of aliphatic carboxylic acids is 1. The summed E-state index contributed by atoms with van der Waals surface area (Å²) in [5, 5.41) is 31.5. The largest absolute Gasteiger partial charge is 0.479 e. The van der Waals surface area contributed by atoms with Crippen LogP contribution in [-0.4, -0.2) is 34.4 Å². The number of anilines is 1. The third-order valence-electron chi connectivity index (χ3n) is 2.35. The van der Waals surface area contributed by atoms with E-state index in [-0.39, 0.29) is 5.56 Å². The van der Waals surface area contributed by atoms with Crippen molar-refractivity contribution in [3.05, 3.63) is 29.8 Å². The molecule has 1 aromatic rings. The molecule has 0 heterocycles. The molecule has 4 N–H and O–H groups in total. The molecular formula is C12H13N3O4. The quantitative estimate of drug-likeness (QED) is 0.630. The molecule has 0 aliphatic carbocycles. The lowest BCUT2D eigenvalue weighted by Gasteiger charge is -2.18. The van der Waals surface area contributed by atoms with E-state index in [1.165, 1.54) is 12.1 Å². The molecule has 1 unspecified atom stereocenters. The van der Waals surface area contributed by atoms with Crippen LogP contribution in [0.3, 0.4) is 0 Å². The maximum Gasteiger partial charge on any atom is 0.337 e. The van der Waals surface area contributed by atoms with Crippen LogP contribution in [0.4, 0.5) is 10.5 Å². The van der Waals surface area contributed by atoms with Gasteiger partial charge in [-0.3, -0.25) is 0 Å². The number of carbonyl (C=O) groups is 2. The first-order valence-corrected chi connectivity index (χ1v) is 5.36. The van der Waals surface area contributed by atoms with Crippen molar-refractivity contribution < 1.29 is 19.8 Å². The summed E-state index contributed by atoms with van der Waals surface area (Å²) in [4.78, 5) is 22.1. The van der Waals surface area contributed by atoms with Crippen molar-refractivity contribution >= 4 is 17.7 Å². The number of carboxylic acids is 1. The second kappa shape index (κ2) is 5.84. The third kappa shape index (κ3) is 3.97. The number of rotatable bonds is 4. The monoisotopic (exact) mass is 263 g/mol. The topological polar surface area (TPSA) is 122 Å². The molecule has 0 fully saturated rings. The molecule has 0 aliphatic rings. The fourth-order valence-corrected chi connectivity index (χ4v) is 1.18. The van der Waals surface area contributed by atoms with E-state index in [4.69, 9.17) is 10.4 Å². The zero-order chi connectivity index (χ0) is 14.5. The van der Waals surface area contributed by atoms with Gasteiger partial charge in [0.1, 0.15) is 6.07 Å². The molecule has 0 radical (unpaired) electrons. The Bertz CT molecular complexity index is 534. The van der Waals surface area contributed by atoms with Crippen LogP contribution in [0.5, 0.6) is 0 Å². The fraction of sp³-hybridized carbons (Fsp3) is 0.250. The summed E-state index contributed by atoms with van der Waals surface area (Å²) in [6.45, 7) is 0.613. The van der Waals surface area contributed by atoms with Crippen LogP contribution >= 0.6 is 0 Å². The predicted molar refractivity (Wildman–Crippen MR) is 66.4 cm³/mol. The molecule has 7 heteroatoms. The lowest BCUT2D eigenvalue weighted by Crippen LogP contribution is -2.47. The van der Waals surface area contributed by atoms with Gasteiger partial charge in [0.15, 0.2) is 5.60 Å². The Morgan fingerprint density at radius 2 is 2.05 bits per heavy atom. The Kier molecular flexibility index (Phi) is 4.45. The summed E-state index contributed by atoms with van der Waals surface area (Å²) in [6.07, 6.45) is 0. The second-order valence-corrected chi connectivity index (χ2v) is 4.04. The van der Waals surface area contributed by atoms with E-state index in [0.29, 0.717) is 5.69 Å². The van der Waals surface area contributed by atoms with Gasteiger partial charge >= 0.3 is 12.0 Å². The van der Waals surface area contributed by atoms with Gasteiger partial charge in [-0.25, -0.2) is 9.59 Å². The first-order valence-electron chi connectivity index (χ1n) is 5.36. The van der Waals surface area contributed by atoms with Gasteiger partial charge in [0.25, 0.3) is 0 Å². The van der Waals surface area contributed by atoms with Gasteiger partial charge in [-0.1, -0.05) is 12.1 Å². The van der Waals surface area contributed by atoms with Crippen LogP contribution in [-0.2, 0) is 4.79 Å². The summed E-state index contributed by atoms with van der Waals surface area (Å²) in [5.41, 5.74) is -1.47. The molecule has 1 atom stereocenters. The number of amides is 2. The molecule has 2 amide bonds. The van der Waals surface area contributed by atoms with Gasteiger partial charge in [-0.2, -0.15) is 5.26 Å². The van der Waals surface area contributed by atoms with Crippen LogP contribution < -0.4 is 10.6 Å². The van der Waals surface area contributed by atoms with Gasteiger partial charge < -0.3 is 20.8 Å². The highest BCUT2D eigenvalue weighted by atomic mass is 16.4. The maximum absolute atomic E-state index is 11.5. The van der Waals surface area contributed by atoms with E-state index >= 15 is 0 Å². The minimum atomic E-state index is -2.05. The highest BCUT2D eigenvalue weighted by Crippen LogP contribution is 2.13. The van der Waals surface area contributed by atoms with Gasteiger partial charge in [0.2, 0.25) is 0 Å². The Morgan fingerprint density at radius 3 is 2.63 bits per heavy atom. The molecule has 0 aliphatic heterocycles. The molecule has 0 saturated heterocycles. The molecule has 0 aromatic heterocycles. The molecule has 100 valence electrons. The molecule has 0 spiro atoms. The number of nitrogens with zero attached hydrogens (tertiary/aromatic N) is 1. The molecule has 0 saturated carbocycles. The number of nitrogens with one attached hydrogen (secondary N) is 2. The summed E-state index contributed by atoms with van der Waals surface area (Å²) in [7, 11) is 0. The van der Waals surface area contributed by atoms with Crippen molar-refractivity contribution in [2.24, 2.45) is 0 Å². The Labute approximate surface area is 109 Å². The SMILES string of the molecule is CC(O)(CNC(=O)Nc1ccccc1C#N)C(=O)O. The van der Waals surface area contributed by atoms with Crippen LogP contribution in [0, 0.1) is 11.3 Å². The van der Waals surface area contributed by atoms with Crippen LogP contribution in [0.1, 0.15) is 12.5 Å². The number of carbonyl (C=O) groups excluding carboxylic acids is 1. The number of aliphatic hydroxyl groups is 1. The molecule has 19 heavy (non-hydrogen) atoms. The smallest absolute Gasteiger partial charge is 0.337 e. The van der Waals surface area contributed by atoms with Crippen LogP contribution in [0.2, 0.25) is 0 Å². The number of para-hydroxylation sites is 1. The van der Waals surface area contributed by atoms with E-state index in [2.05, 4.69) is 10.6 Å². The Morgan fingerprint density at radius 1 is 1.42 bits per heavy atom. The van der Waals surface area contributed by atoms with Gasteiger partial charge in [-0.05, 0) is 19.1 Å². The van der Waals surface area contributed by atoms with E-state index in [9.17, 15) is 14.7 Å². The Balaban J connectivity index is 2.62. The van der Waals surface area contributed by atoms with Crippen LogP contribution in [0.15, 0.2) is 24.3 Å². The first kappa shape index (κ1) is 14.5. The van der Waals surface area contributed by atoms with Gasteiger partial charge in [-0.15, -0.1) is 0 Å². The minimum Gasteiger partial charge on any atom is -0.479 e. The van der Waals surface area contributed by atoms with Crippen molar-refractivity contribution in [1.82, 2.24) is 5.32 Å². The van der Waals surface area contributed by atoms with Gasteiger partial charge in [0.05, 0.1) is 17.8 Å². The average Bonchev–Trinajstić information content (AvgIpc) is 2.37. The molecule has 7 nitrogen and oxygen atoms in total. The van der Waals surface area contributed by atoms with Gasteiger partial charge in [0, 0.05) is 0 Å². The van der Waals surface area contributed by atoms with Crippen molar-refractivity contribution in [3.8, 4) is 6.07 Å². The number of benzene rings is 1. The van der Waals surface area contributed by atoms with Crippen molar-refractivity contribution in [2.75, 3.05) is 11.9 Å². The number of urea groups is 1. The number of nitriles is 1. The fourth-order valence-electron chi connectivity index (χ4n) is 1.18. The lowest BCUT2D eigenvalue weighted by atomic mass is 10.1. The van der Waals surface area contributed by atoms with Crippen molar-refractivity contribution in [1.29, 1.82) is 5.26 Å². The molecule has 1 aromatic carbocycles. The second-order valence-electron chi connectivity index (χ2n) is 4.04. The molecule has 0 bridgehead atoms. The zero-order valence-corrected chi connectivity index (χ0v) is 10.2. The van der Waals surface area contributed by atoms with E-state index in [0.717, 1.165) is 6.92 Å². The van der Waals surface area contributed by atoms with E-state index < -0.39 is 24.1 Å². The summed E-state index contributed by atoms with van der Waals surface area (Å²) >= 11 is 0. The number of carboxylic acid groups (broad SMARTS) is 1. The third-order valence-corrected chi connectivity index (χ3v) is 2.35. The average molecular weight is 263 g/mol. The summed E-state index contributed by atoms with van der Waals surface area (Å²) in [5.74, 6) is -1.44. The Hall–Kier alpha value is -2.59. The molecular weight excluding hydrogens is 250 g/mol. The zero-order valence-electron chi connectivity index (χ0n) is 10.2. The van der Waals surface area contributed by atoms with Crippen molar-refractivity contribution in [3.63, 3.8) is 0 Å². The van der Waals surface area contributed by atoms with E-state index in [1.54, 1.807) is 12.1 Å². The van der Waals surface area contributed by atoms with E-state index in [1.807, 2.05) is 6.07 Å². The standard InChI is InChI=1S/C12H13N3O4/c1-12(19,10(16)17)7-14-11(18)15-9-5-3-2-4-8(9)6-13/h2-5,19H,7H2,1H3,(H,16,17)(H2,14,15,18). The first-order chi connectivity index (χ1) is 8.86. The normalized spacial score (nSPS) is 12.9. The molecule has 1 rings (SSSR count). The van der Waals surface area contributed by atoms with Crippen molar-refractivity contribution in [2.45, 2.75) is 12.5 Å².